The zero-order valence-corrected chi connectivity index (χ0v) is 4.72. The minimum atomic E-state index is 0.782. The lowest BCUT2D eigenvalue weighted by atomic mass is 10.2. The first kappa shape index (κ1) is 5.35. The maximum absolute atomic E-state index is 8.26. The van der Waals surface area contributed by atoms with Crippen molar-refractivity contribution in [3.8, 4) is 0 Å². The molecule has 0 bridgehead atoms. The van der Waals surface area contributed by atoms with E-state index in [2.05, 4.69) is 11.7 Å². The Hall–Kier alpha value is -0.790. The molecule has 1 fully saturated rings. The van der Waals surface area contributed by atoms with Crippen LogP contribution in [-0.2, 0) is 0 Å². The van der Waals surface area contributed by atoms with Crippen molar-refractivity contribution in [2.24, 2.45) is 5.16 Å². The molecule has 2 nitrogen and oxygen atoms in total. The summed E-state index contributed by atoms with van der Waals surface area (Å²) in [4.78, 5) is 0. The molecule has 8 heavy (non-hydrogen) atoms. The molecule has 0 amide bonds. The van der Waals surface area contributed by atoms with Crippen molar-refractivity contribution in [2.45, 2.75) is 19.3 Å². The van der Waals surface area contributed by atoms with E-state index >= 15 is 0 Å². The highest BCUT2D eigenvalue weighted by molar-refractivity contribution is 6.00. The zero-order valence-electron chi connectivity index (χ0n) is 4.72. The van der Waals surface area contributed by atoms with Crippen molar-refractivity contribution in [1.82, 2.24) is 0 Å². The van der Waals surface area contributed by atoms with Crippen LogP contribution in [0, 0.1) is 0 Å². The highest BCUT2D eigenvalue weighted by Gasteiger charge is 2.12. The molecule has 1 aliphatic rings. The normalized spacial score (nSPS) is 25.0. The molecule has 0 radical (unpaired) electrons. The maximum Gasteiger partial charge on any atom is 0.0821 e. The minimum absolute atomic E-state index is 0.782. The van der Waals surface area contributed by atoms with E-state index in [4.69, 9.17) is 5.21 Å². The fourth-order valence-electron chi connectivity index (χ4n) is 0.911. The third-order valence-corrected chi connectivity index (χ3v) is 1.42. The van der Waals surface area contributed by atoms with Crippen LogP contribution in [0.4, 0.5) is 0 Å². The van der Waals surface area contributed by atoms with Gasteiger partial charge in [0, 0.05) is 0 Å². The number of oxime groups is 1. The summed E-state index contributed by atoms with van der Waals surface area (Å²) in [6.45, 7) is 3.72. The molecule has 0 atom stereocenters. The summed E-state index contributed by atoms with van der Waals surface area (Å²) in [5.74, 6) is 0. The van der Waals surface area contributed by atoms with Gasteiger partial charge in [-0.15, -0.1) is 0 Å². The predicted octanol–water partition coefficient (Wildman–Crippen LogP) is 1.56. The van der Waals surface area contributed by atoms with Gasteiger partial charge in [0.15, 0.2) is 0 Å². The van der Waals surface area contributed by atoms with E-state index in [-0.39, 0.29) is 0 Å². The van der Waals surface area contributed by atoms with Gasteiger partial charge in [0.05, 0.1) is 5.71 Å². The van der Waals surface area contributed by atoms with Crippen LogP contribution in [0.2, 0.25) is 0 Å². The molecule has 0 aromatic rings. The molecule has 0 spiro atoms. The number of rotatable bonds is 0. The summed E-state index contributed by atoms with van der Waals surface area (Å²) in [7, 11) is 0. The molecule has 1 aliphatic carbocycles. The standard InChI is InChI=1S/C6H9NO/c1-5-3-2-4-6(5)7-8/h8H,1-4H2/b7-6+. The van der Waals surface area contributed by atoms with Gasteiger partial charge in [-0.05, 0) is 24.8 Å². The molecule has 44 valence electrons. The van der Waals surface area contributed by atoms with Gasteiger partial charge in [-0.25, -0.2) is 0 Å². The lowest BCUT2D eigenvalue weighted by molar-refractivity contribution is 0.318. The predicted molar refractivity (Wildman–Crippen MR) is 32.2 cm³/mol. The van der Waals surface area contributed by atoms with E-state index in [1.165, 1.54) is 0 Å². The molecule has 1 rings (SSSR count). The average Bonchev–Trinajstić information content (AvgIpc) is 2.14. The molecule has 1 N–H and O–H groups in total. The Morgan fingerprint density at radius 2 is 2.25 bits per heavy atom. The van der Waals surface area contributed by atoms with Crippen LogP contribution in [0.1, 0.15) is 19.3 Å². The summed E-state index contributed by atoms with van der Waals surface area (Å²) >= 11 is 0. The van der Waals surface area contributed by atoms with Crippen LogP contribution >= 0.6 is 0 Å². The van der Waals surface area contributed by atoms with Crippen molar-refractivity contribution in [3.05, 3.63) is 12.2 Å². The van der Waals surface area contributed by atoms with Gasteiger partial charge >= 0.3 is 0 Å². The number of nitrogens with zero attached hydrogens (tertiary/aromatic N) is 1. The minimum Gasteiger partial charge on any atom is -0.411 e. The van der Waals surface area contributed by atoms with E-state index in [9.17, 15) is 0 Å². The first-order chi connectivity index (χ1) is 3.84. The SMILES string of the molecule is C=C1CCC/C1=N\O. The van der Waals surface area contributed by atoms with Crippen LogP contribution < -0.4 is 0 Å². The van der Waals surface area contributed by atoms with Crippen molar-refractivity contribution < 1.29 is 5.21 Å². The van der Waals surface area contributed by atoms with Crippen molar-refractivity contribution >= 4 is 5.71 Å². The Morgan fingerprint density at radius 3 is 2.50 bits per heavy atom. The van der Waals surface area contributed by atoms with Crippen LogP contribution in [0.25, 0.3) is 0 Å². The Bertz CT molecular complexity index is 137. The van der Waals surface area contributed by atoms with Crippen molar-refractivity contribution in [2.75, 3.05) is 0 Å². The molecular formula is C6H9NO. The second kappa shape index (κ2) is 1.99. The van der Waals surface area contributed by atoms with Crippen LogP contribution in [0.15, 0.2) is 17.3 Å². The average molecular weight is 111 g/mol. The lowest BCUT2D eigenvalue weighted by Gasteiger charge is -1.88. The van der Waals surface area contributed by atoms with Gasteiger partial charge in [-0.3, -0.25) is 0 Å². The van der Waals surface area contributed by atoms with E-state index in [0.717, 1.165) is 30.5 Å². The van der Waals surface area contributed by atoms with Gasteiger partial charge in [0.25, 0.3) is 0 Å². The monoisotopic (exact) mass is 111 g/mol. The van der Waals surface area contributed by atoms with Crippen LogP contribution in [0.3, 0.4) is 0 Å². The van der Waals surface area contributed by atoms with Crippen LogP contribution in [-0.4, -0.2) is 10.9 Å². The quantitative estimate of drug-likeness (QED) is 0.373. The van der Waals surface area contributed by atoms with E-state index in [1.807, 2.05) is 0 Å². The topological polar surface area (TPSA) is 32.6 Å². The second-order valence-corrected chi connectivity index (χ2v) is 2.00. The number of allylic oxidation sites excluding steroid dienone is 1. The first-order valence-electron chi connectivity index (χ1n) is 2.73. The molecule has 0 aromatic carbocycles. The molecule has 0 unspecified atom stereocenters. The third kappa shape index (κ3) is 0.735. The molecule has 0 aliphatic heterocycles. The Labute approximate surface area is 48.5 Å². The third-order valence-electron chi connectivity index (χ3n) is 1.42. The van der Waals surface area contributed by atoms with Crippen LogP contribution in [0.5, 0.6) is 0 Å². The highest BCUT2D eigenvalue weighted by atomic mass is 16.4. The fraction of sp³-hybridized carbons (Fsp3) is 0.500. The first-order valence-corrected chi connectivity index (χ1v) is 2.73. The van der Waals surface area contributed by atoms with Gasteiger partial charge in [-0.1, -0.05) is 11.7 Å². The summed E-state index contributed by atoms with van der Waals surface area (Å²) in [6, 6.07) is 0. The highest BCUT2D eigenvalue weighted by Crippen LogP contribution is 2.18. The number of hydrogen-bond donors (Lipinski definition) is 1. The Balaban J connectivity index is 2.69. The zero-order chi connectivity index (χ0) is 5.98. The van der Waals surface area contributed by atoms with E-state index in [0.29, 0.717) is 0 Å². The second-order valence-electron chi connectivity index (χ2n) is 2.00. The molecule has 0 saturated heterocycles. The van der Waals surface area contributed by atoms with Crippen molar-refractivity contribution in [1.29, 1.82) is 0 Å². The molecule has 0 heterocycles. The Morgan fingerprint density at radius 1 is 1.50 bits per heavy atom. The summed E-state index contributed by atoms with van der Waals surface area (Å²) < 4.78 is 0. The van der Waals surface area contributed by atoms with Crippen molar-refractivity contribution in [3.63, 3.8) is 0 Å². The van der Waals surface area contributed by atoms with Gasteiger partial charge in [-0.2, -0.15) is 0 Å². The lowest BCUT2D eigenvalue weighted by Crippen LogP contribution is -1.89. The Kier molecular flexibility index (Phi) is 1.33. The molecule has 0 aromatic heterocycles. The summed E-state index contributed by atoms with van der Waals surface area (Å²) in [6.07, 6.45) is 2.99. The molecule has 2 heteroatoms. The summed E-state index contributed by atoms with van der Waals surface area (Å²) in [5, 5.41) is 11.3. The fourth-order valence-corrected chi connectivity index (χ4v) is 0.911. The number of hydrogen-bond acceptors (Lipinski definition) is 2. The van der Waals surface area contributed by atoms with E-state index in [1.54, 1.807) is 0 Å². The van der Waals surface area contributed by atoms with E-state index < -0.39 is 0 Å². The smallest absolute Gasteiger partial charge is 0.0821 e. The molecular weight excluding hydrogens is 102 g/mol. The maximum atomic E-state index is 8.26. The van der Waals surface area contributed by atoms with Gasteiger partial charge < -0.3 is 5.21 Å². The van der Waals surface area contributed by atoms with Gasteiger partial charge in [0.1, 0.15) is 0 Å². The summed E-state index contributed by atoms with van der Waals surface area (Å²) in [5.41, 5.74) is 1.78. The largest absolute Gasteiger partial charge is 0.411 e. The molecule has 1 saturated carbocycles. The van der Waals surface area contributed by atoms with Gasteiger partial charge in [0.2, 0.25) is 0 Å².